The van der Waals surface area contributed by atoms with Gasteiger partial charge in [-0.1, -0.05) is 17.7 Å². The molecule has 1 aromatic rings. The van der Waals surface area contributed by atoms with E-state index in [2.05, 4.69) is 10.6 Å². The van der Waals surface area contributed by atoms with Crippen LogP contribution in [0.2, 0.25) is 5.02 Å². The van der Waals surface area contributed by atoms with E-state index in [0.29, 0.717) is 10.7 Å². The predicted octanol–water partition coefficient (Wildman–Crippen LogP) is 1.97. The molecule has 0 saturated carbocycles. The van der Waals surface area contributed by atoms with Crippen LogP contribution in [0.3, 0.4) is 0 Å². The van der Waals surface area contributed by atoms with Crippen molar-refractivity contribution in [3.8, 4) is 0 Å². The number of amides is 2. The van der Waals surface area contributed by atoms with E-state index in [4.69, 9.17) is 22.7 Å². The Bertz CT molecular complexity index is 445. The smallest absolute Gasteiger partial charge is 0.318 e. The lowest BCUT2D eigenvalue weighted by Crippen LogP contribution is -2.38. The number of carbonyl (C=O) groups excluding carboxylic acids is 1. The highest BCUT2D eigenvalue weighted by atomic mass is 35.5. The minimum absolute atomic E-state index is 0.180. The summed E-state index contributed by atoms with van der Waals surface area (Å²) in [5.74, 6) is -0.180. The first kappa shape index (κ1) is 12.3. The second-order valence-corrected chi connectivity index (χ2v) is 3.76. The van der Waals surface area contributed by atoms with Gasteiger partial charge in [0.25, 0.3) is 0 Å². The highest BCUT2D eigenvalue weighted by Crippen LogP contribution is 2.26. The largest absolute Gasteiger partial charge is 0.351 e. The van der Waals surface area contributed by atoms with Crippen molar-refractivity contribution in [3.05, 3.63) is 28.3 Å². The highest BCUT2D eigenvalue weighted by molar-refractivity contribution is 6.31. The minimum Gasteiger partial charge on any atom is -0.351 e. The van der Waals surface area contributed by atoms with Gasteiger partial charge < -0.3 is 11.1 Å². The lowest BCUT2D eigenvalue weighted by Gasteiger charge is -2.14. The van der Waals surface area contributed by atoms with Crippen molar-refractivity contribution < 1.29 is 4.79 Å². The van der Waals surface area contributed by atoms with Crippen LogP contribution in [0.4, 0.5) is 10.5 Å². The number of nitrogens with one attached hydrogen (secondary N) is 3. The molecule has 2 amide bonds. The molecule has 0 aliphatic carbocycles. The molecule has 5 nitrogen and oxygen atoms in total. The monoisotopic (exact) mass is 240 g/mol. The van der Waals surface area contributed by atoms with Gasteiger partial charge in [-0.3, -0.25) is 10.7 Å². The Kier molecular flexibility index (Phi) is 3.73. The number of guanidine groups is 1. The summed E-state index contributed by atoms with van der Waals surface area (Å²) in [5.41, 5.74) is 7.34. The molecule has 0 unspecified atom stereocenters. The normalized spacial score (nSPS) is 9.69. The number of carbonyl (C=O) groups is 1. The highest BCUT2D eigenvalue weighted by Gasteiger charge is 2.08. The topological polar surface area (TPSA) is 91.0 Å². The fourth-order valence-corrected chi connectivity index (χ4v) is 1.45. The maximum absolute atomic E-state index is 10.5. The van der Waals surface area contributed by atoms with Gasteiger partial charge in [0.15, 0.2) is 0 Å². The van der Waals surface area contributed by atoms with Crippen LogP contribution in [0.15, 0.2) is 12.1 Å². The molecule has 0 aliphatic rings. The molecule has 0 spiro atoms. The number of hydrogen-bond acceptors (Lipinski definition) is 2. The standard InChI is InChI=1S/C10H13ClN4O/c1-5-3-4-7(11)6(2)8(5)14-9(12)15-10(13)16/h3-4H,1-2H3,(H5,12,13,14,15,16). The number of urea groups is 1. The zero-order valence-corrected chi connectivity index (χ0v) is 9.77. The van der Waals surface area contributed by atoms with Crippen LogP contribution in [0, 0.1) is 19.3 Å². The van der Waals surface area contributed by atoms with E-state index in [0.717, 1.165) is 11.1 Å². The summed E-state index contributed by atoms with van der Waals surface area (Å²) in [5, 5.41) is 12.9. The van der Waals surface area contributed by atoms with Crippen LogP contribution in [-0.4, -0.2) is 12.0 Å². The van der Waals surface area contributed by atoms with E-state index in [9.17, 15) is 4.79 Å². The van der Waals surface area contributed by atoms with Gasteiger partial charge in [-0.15, -0.1) is 0 Å². The van der Waals surface area contributed by atoms with E-state index in [1.54, 1.807) is 6.07 Å². The van der Waals surface area contributed by atoms with Crippen LogP contribution in [-0.2, 0) is 0 Å². The maximum atomic E-state index is 10.5. The average Bonchev–Trinajstić information content (AvgIpc) is 2.17. The van der Waals surface area contributed by atoms with Gasteiger partial charge >= 0.3 is 6.03 Å². The van der Waals surface area contributed by atoms with Crippen molar-refractivity contribution in [2.24, 2.45) is 5.73 Å². The molecule has 86 valence electrons. The van der Waals surface area contributed by atoms with Gasteiger partial charge in [0.05, 0.1) is 0 Å². The molecule has 0 saturated heterocycles. The molecule has 0 radical (unpaired) electrons. The Hall–Kier alpha value is -1.75. The zero-order valence-electron chi connectivity index (χ0n) is 9.02. The first-order chi connectivity index (χ1) is 7.41. The van der Waals surface area contributed by atoms with Crippen molar-refractivity contribution >= 4 is 29.3 Å². The second-order valence-electron chi connectivity index (χ2n) is 3.35. The first-order valence-corrected chi connectivity index (χ1v) is 4.97. The Morgan fingerprint density at radius 3 is 2.62 bits per heavy atom. The Balaban J connectivity index is 2.93. The Labute approximate surface area is 98.5 Å². The molecular formula is C10H13ClN4O. The number of nitrogens with two attached hydrogens (primary N) is 1. The molecule has 0 atom stereocenters. The molecule has 0 fully saturated rings. The summed E-state index contributed by atoms with van der Waals surface area (Å²) in [6.07, 6.45) is 0. The molecular weight excluding hydrogens is 228 g/mol. The molecule has 1 aromatic carbocycles. The lowest BCUT2D eigenvalue weighted by atomic mass is 10.1. The number of primary amides is 1. The van der Waals surface area contributed by atoms with Crippen molar-refractivity contribution in [2.45, 2.75) is 13.8 Å². The van der Waals surface area contributed by atoms with Gasteiger partial charge in [-0.2, -0.15) is 0 Å². The lowest BCUT2D eigenvalue weighted by molar-refractivity contribution is 0.253. The molecule has 0 aromatic heterocycles. The summed E-state index contributed by atoms with van der Waals surface area (Å²) in [6, 6.07) is 2.83. The van der Waals surface area contributed by atoms with E-state index < -0.39 is 6.03 Å². The Morgan fingerprint density at radius 2 is 2.06 bits per heavy atom. The fourth-order valence-electron chi connectivity index (χ4n) is 1.29. The molecule has 5 N–H and O–H groups in total. The summed E-state index contributed by atoms with van der Waals surface area (Å²) in [4.78, 5) is 10.5. The van der Waals surface area contributed by atoms with E-state index in [1.807, 2.05) is 19.9 Å². The average molecular weight is 241 g/mol. The van der Waals surface area contributed by atoms with Gasteiger partial charge in [0.2, 0.25) is 5.96 Å². The minimum atomic E-state index is -0.783. The van der Waals surface area contributed by atoms with Gasteiger partial charge in [0.1, 0.15) is 0 Å². The summed E-state index contributed by atoms with van der Waals surface area (Å²) in [6.45, 7) is 3.71. The summed E-state index contributed by atoms with van der Waals surface area (Å²) in [7, 11) is 0. The summed E-state index contributed by atoms with van der Waals surface area (Å²) < 4.78 is 0. The number of aryl methyl sites for hydroxylation is 1. The van der Waals surface area contributed by atoms with Crippen molar-refractivity contribution in [1.29, 1.82) is 5.41 Å². The summed E-state index contributed by atoms with van der Waals surface area (Å²) >= 11 is 5.95. The molecule has 0 bridgehead atoms. The van der Waals surface area contributed by atoms with Crippen LogP contribution < -0.4 is 16.4 Å². The third kappa shape index (κ3) is 2.87. The maximum Gasteiger partial charge on any atom is 0.318 e. The predicted molar refractivity (Wildman–Crippen MR) is 65.0 cm³/mol. The molecule has 0 heterocycles. The number of hydrogen-bond donors (Lipinski definition) is 4. The zero-order chi connectivity index (χ0) is 12.3. The van der Waals surface area contributed by atoms with Crippen LogP contribution >= 0.6 is 11.6 Å². The first-order valence-electron chi connectivity index (χ1n) is 4.59. The van der Waals surface area contributed by atoms with E-state index in [1.165, 1.54) is 0 Å². The second kappa shape index (κ2) is 4.85. The number of benzene rings is 1. The van der Waals surface area contributed by atoms with Gasteiger partial charge in [-0.25, -0.2) is 4.79 Å². The third-order valence-electron chi connectivity index (χ3n) is 2.11. The van der Waals surface area contributed by atoms with Crippen molar-refractivity contribution in [1.82, 2.24) is 5.32 Å². The third-order valence-corrected chi connectivity index (χ3v) is 2.51. The quantitative estimate of drug-likeness (QED) is 0.447. The number of halogens is 1. The SMILES string of the molecule is Cc1ccc(Cl)c(C)c1NC(=N)NC(N)=O. The van der Waals surface area contributed by atoms with Gasteiger partial charge in [0, 0.05) is 10.7 Å². The molecule has 1 rings (SSSR count). The van der Waals surface area contributed by atoms with Crippen LogP contribution in [0.25, 0.3) is 0 Å². The Morgan fingerprint density at radius 1 is 1.44 bits per heavy atom. The molecule has 6 heteroatoms. The van der Waals surface area contributed by atoms with Crippen LogP contribution in [0.1, 0.15) is 11.1 Å². The molecule has 16 heavy (non-hydrogen) atoms. The van der Waals surface area contributed by atoms with E-state index >= 15 is 0 Å². The number of rotatable bonds is 1. The molecule has 0 aliphatic heterocycles. The van der Waals surface area contributed by atoms with Crippen molar-refractivity contribution in [3.63, 3.8) is 0 Å². The van der Waals surface area contributed by atoms with Crippen LogP contribution in [0.5, 0.6) is 0 Å². The van der Waals surface area contributed by atoms with Crippen molar-refractivity contribution in [2.75, 3.05) is 5.32 Å². The van der Waals surface area contributed by atoms with E-state index in [-0.39, 0.29) is 5.96 Å². The van der Waals surface area contributed by atoms with Gasteiger partial charge in [-0.05, 0) is 31.0 Å². The fraction of sp³-hybridized carbons (Fsp3) is 0.200. The number of anilines is 1.